The second-order valence-corrected chi connectivity index (χ2v) is 10.3. The van der Waals surface area contributed by atoms with Crippen molar-refractivity contribution in [3.8, 4) is 0 Å². The molecule has 2 saturated heterocycles. The highest BCUT2D eigenvalue weighted by atomic mass is 35.5. The summed E-state index contributed by atoms with van der Waals surface area (Å²) in [5, 5.41) is 5.05. The Morgan fingerprint density at radius 1 is 1.06 bits per heavy atom. The van der Waals surface area contributed by atoms with E-state index in [0.717, 1.165) is 60.1 Å². The summed E-state index contributed by atoms with van der Waals surface area (Å²) in [5.74, 6) is 0.202. The average Bonchev–Trinajstić information content (AvgIpc) is 3.29. The van der Waals surface area contributed by atoms with Gasteiger partial charge in [0.1, 0.15) is 11.9 Å². The molecule has 0 aliphatic carbocycles. The maximum atomic E-state index is 13.5. The van der Waals surface area contributed by atoms with Crippen molar-refractivity contribution in [2.45, 2.75) is 44.8 Å². The van der Waals surface area contributed by atoms with Crippen molar-refractivity contribution in [3.05, 3.63) is 70.1 Å². The normalized spacial score (nSPS) is 20.6. The molecule has 6 nitrogen and oxygen atoms in total. The van der Waals surface area contributed by atoms with Gasteiger partial charge in [-0.3, -0.25) is 9.69 Å². The Labute approximate surface area is 208 Å². The number of aromatic nitrogens is 1. The van der Waals surface area contributed by atoms with Crippen LogP contribution < -0.4 is 5.32 Å². The summed E-state index contributed by atoms with van der Waals surface area (Å²) in [5.41, 5.74) is 4.04. The molecule has 2 fully saturated rings. The van der Waals surface area contributed by atoms with Crippen molar-refractivity contribution in [1.82, 2.24) is 19.7 Å². The van der Waals surface area contributed by atoms with E-state index in [4.69, 9.17) is 11.6 Å². The van der Waals surface area contributed by atoms with Crippen LogP contribution in [0.1, 0.15) is 36.1 Å². The van der Waals surface area contributed by atoms with Crippen molar-refractivity contribution in [2.24, 2.45) is 5.92 Å². The second-order valence-electron chi connectivity index (χ2n) is 9.90. The molecule has 182 valence electrons. The number of carbonyl (C=O) groups is 2. The van der Waals surface area contributed by atoms with E-state index < -0.39 is 6.04 Å². The van der Waals surface area contributed by atoms with Crippen molar-refractivity contribution in [3.63, 3.8) is 0 Å². The Kier molecular flexibility index (Phi) is 5.77. The van der Waals surface area contributed by atoms with Gasteiger partial charge in [0, 0.05) is 35.6 Å². The van der Waals surface area contributed by atoms with Crippen LogP contribution in [0.25, 0.3) is 10.9 Å². The Bertz CT molecular complexity index is 1300. The fourth-order valence-electron chi connectivity index (χ4n) is 5.92. The van der Waals surface area contributed by atoms with Crippen LogP contribution in [0.15, 0.2) is 42.5 Å². The van der Waals surface area contributed by atoms with Crippen LogP contribution in [0.5, 0.6) is 0 Å². The van der Waals surface area contributed by atoms with E-state index in [-0.39, 0.29) is 17.8 Å². The van der Waals surface area contributed by atoms with E-state index in [2.05, 4.69) is 9.88 Å². The van der Waals surface area contributed by atoms with Gasteiger partial charge in [0.25, 0.3) is 5.91 Å². The van der Waals surface area contributed by atoms with Gasteiger partial charge in [0.2, 0.25) is 0 Å². The van der Waals surface area contributed by atoms with Crippen molar-refractivity contribution in [2.75, 3.05) is 19.6 Å². The fourth-order valence-corrected chi connectivity index (χ4v) is 6.09. The molecule has 1 aromatic heterocycles. The first-order valence-electron chi connectivity index (χ1n) is 12.4. The number of halogens is 2. The first kappa shape index (κ1) is 22.6. The second kappa shape index (κ2) is 8.95. The third-order valence-electron chi connectivity index (χ3n) is 7.84. The summed E-state index contributed by atoms with van der Waals surface area (Å²) in [7, 11) is 0. The van der Waals surface area contributed by atoms with Gasteiger partial charge in [-0.15, -0.1) is 0 Å². The summed E-state index contributed by atoms with van der Waals surface area (Å²) in [4.78, 5) is 29.9. The first-order valence-corrected chi connectivity index (χ1v) is 12.7. The molecule has 0 bridgehead atoms. The molecule has 6 rings (SSSR count). The molecule has 35 heavy (non-hydrogen) atoms. The molecule has 1 N–H and O–H groups in total. The minimum Gasteiger partial charge on any atom is -0.338 e. The summed E-state index contributed by atoms with van der Waals surface area (Å²) in [6.07, 6.45) is 3.55. The molecule has 8 heteroatoms. The molecule has 2 aromatic carbocycles. The molecular formula is C27H28ClFN4O2. The molecule has 1 unspecified atom stereocenters. The molecule has 3 aromatic rings. The number of piperidine rings is 1. The lowest BCUT2D eigenvalue weighted by Gasteiger charge is -2.28. The summed E-state index contributed by atoms with van der Waals surface area (Å²) >= 11 is 6.35. The standard InChI is InChI=1S/C27H28ClFN4O2/c28-19-3-6-21-22-14-24-26(34)31(12-9-17-7-10-30-11-8-17)27(35)33(24)16-25(22)32(23(21)13-19)15-18-1-4-20(29)5-2-18/h1-6,13,17,24,30H,7-12,14-16H2. The lowest BCUT2D eigenvalue weighted by Crippen LogP contribution is -2.40. The molecule has 1 atom stereocenters. The number of fused-ring (bicyclic) bond motifs is 4. The zero-order valence-electron chi connectivity index (χ0n) is 19.5. The molecule has 0 spiro atoms. The number of nitrogens with one attached hydrogen (secondary N) is 1. The maximum Gasteiger partial charge on any atom is 0.327 e. The third-order valence-corrected chi connectivity index (χ3v) is 8.08. The third kappa shape index (κ3) is 4.00. The molecule has 0 saturated carbocycles. The molecule has 3 amide bonds. The van der Waals surface area contributed by atoms with Crippen LogP contribution in [0.2, 0.25) is 5.02 Å². The number of urea groups is 1. The topological polar surface area (TPSA) is 57.6 Å². The van der Waals surface area contributed by atoms with Gasteiger partial charge in [-0.05, 0) is 73.7 Å². The number of rotatable bonds is 5. The van der Waals surface area contributed by atoms with Crippen molar-refractivity contribution < 1.29 is 14.0 Å². The Balaban J connectivity index is 1.31. The van der Waals surface area contributed by atoms with Gasteiger partial charge < -0.3 is 14.8 Å². The van der Waals surface area contributed by atoms with Gasteiger partial charge in [-0.25, -0.2) is 9.18 Å². The van der Waals surface area contributed by atoms with Gasteiger partial charge >= 0.3 is 6.03 Å². The Morgan fingerprint density at radius 2 is 1.83 bits per heavy atom. The molecule has 4 heterocycles. The van der Waals surface area contributed by atoms with Crippen LogP contribution in [0, 0.1) is 11.7 Å². The number of hydrogen-bond donors (Lipinski definition) is 1. The van der Waals surface area contributed by atoms with Gasteiger partial charge in [-0.2, -0.15) is 0 Å². The Hall–Kier alpha value is -2.90. The first-order chi connectivity index (χ1) is 17.0. The van der Waals surface area contributed by atoms with Crippen LogP contribution in [-0.4, -0.2) is 52.0 Å². The predicted molar refractivity (Wildman–Crippen MR) is 133 cm³/mol. The monoisotopic (exact) mass is 494 g/mol. The minimum absolute atomic E-state index is 0.0806. The largest absolute Gasteiger partial charge is 0.338 e. The van der Waals surface area contributed by atoms with E-state index in [9.17, 15) is 14.0 Å². The summed E-state index contributed by atoms with van der Waals surface area (Å²) < 4.78 is 15.6. The van der Waals surface area contributed by atoms with Crippen LogP contribution in [-0.2, 0) is 24.3 Å². The van der Waals surface area contributed by atoms with E-state index in [1.165, 1.54) is 17.0 Å². The fraction of sp³-hybridized carbons (Fsp3) is 0.407. The molecule has 3 aliphatic rings. The zero-order chi connectivity index (χ0) is 24.1. The lowest BCUT2D eigenvalue weighted by molar-refractivity contribution is -0.128. The lowest BCUT2D eigenvalue weighted by atomic mass is 9.94. The Morgan fingerprint density at radius 3 is 2.60 bits per heavy atom. The minimum atomic E-state index is -0.455. The van der Waals surface area contributed by atoms with Crippen molar-refractivity contribution >= 4 is 34.4 Å². The van der Waals surface area contributed by atoms with Gasteiger partial charge in [0.05, 0.1) is 12.1 Å². The number of hydrogen-bond acceptors (Lipinski definition) is 3. The molecule has 3 aliphatic heterocycles. The van der Waals surface area contributed by atoms with E-state index in [1.54, 1.807) is 17.0 Å². The smallest absolute Gasteiger partial charge is 0.327 e. The highest BCUT2D eigenvalue weighted by molar-refractivity contribution is 6.31. The van der Waals surface area contributed by atoms with Crippen LogP contribution in [0.4, 0.5) is 9.18 Å². The average molecular weight is 495 g/mol. The number of amides is 3. The van der Waals surface area contributed by atoms with E-state index in [1.807, 2.05) is 18.2 Å². The van der Waals surface area contributed by atoms with Gasteiger partial charge in [0.15, 0.2) is 0 Å². The van der Waals surface area contributed by atoms with Gasteiger partial charge in [-0.1, -0.05) is 29.8 Å². The zero-order valence-corrected chi connectivity index (χ0v) is 20.2. The molecular weight excluding hydrogens is 467 g/mol. The molecule has 0 radical (unpaired) electrons. The highest BCUT2D eigenvalue weighted by Gasteiger charge is 2.48. The van der Waals surface area contributed by atoms with E-state index in [0.29, 0.717) is 37.0 Å². The predicted octanol–water partition coefficient (Wildman–Crippen LogP) is 4.56. The number of carbonyl (C=O) groups excluding carboxylic acids is 2. The quantitative estimate of drug-likeness (QED) is 0.529. The number of imide groups is 1. The maximum absolute atomic E-state index is 13.5. The number of benzene rings is 2. The number of nitrogens with zero attached hydrogens (tertiary/aromatic N) is 3. The van der Waals surface area contributed by atoms with Crippen LogP contribution in [0.3, 0.4) is 0 Å². The highest BCUT2D eigenvalue weighted by Crippen LogP contribution is 2.38. The van der Waals surface area contributed by atoms with E-state index >= 15 is 0 Å². The summed E-state index contributed by atoms with van der Waals surface area (Å²) in [6.45, 7) is 3.41. The van der Waals surface area contributed by atoms with Crippen molar-refractivity contribution in [1.29, 1.82) is 0 Å². The van der Waals surface area contributed by atoms with Crippen LogP contribution >= 0.6 is 11.6 Å². The SMILES string of the molecule is O=C1C2Cc3c(n(Cc4ccc(F)cc4)c4cc(Cl)ccc34)CN2C(=O)N1CCC1CCNCC1. The summed E-state index contributed by atoms with van der Waals surface area (Å²) in [6, 6.07) is 11.6.